The fourth-order valence-electron chi connectivity index (χ4n) is 2.86. The minimum atomic E-state index is -0.228. The minimum Gasteiger partial charge on any atom is -0.459 e. The van der Waals surface area contributed by atoms with Crippen LogP contribution in [0.2, 0.25) is 0 Å². The zero-order chi connectivity index (χ0) is 13.9. The van der Waals surface area contributed by atoms with Crippen LogP contribution in [0.3, 0.4) is 0 Å². The van der Waals surface area contributed by atoms with E-state index in [-0.39, 0.29) is 11.9 Å². The van der Waals surface area contributed by atoms with Crippen molar-refractivity contribution < 1.29 is 13.5 Å². The standard InChI is InChI=1S/C16H20FNO2/c1-2-18-14(7-11-5-6-19-10-11)16-9-12-8-13(17)3-4-15(12)20-16/h3-4,8-9,11,14,18H,2,5-7,10H2,1H3. The van der Waals surface area contributed by atoms with E-state index < -0.39 is 0 Å². The molecule has 1 saturated heterocycles. The fourth-order valence-corrected chi connectivity index (χ4v) is 2.86. The van der Waals surface area contributed by atoms with Gasteiger partial charge in [-0.2, -0.15) is 0 Å². The van der Waals surface area contributed by atoms with Crippen molar-refractivity contribution in [1.29, 1.82) is 0 Å². The molecule has 0 aliphatic carbocycles. The molecular formula is C16H20FNO2. The Morgan fingerprint density at radius 1 is 1.40 bits per heavy atom. The van der Waals surface area contributed by atoms with E-state index in [0.717, 1.165) is 49.3 Å². The SMILES string of the molecule is CCNC(CC1CCOC1)c1cc2cc(F)ccc2o1. The Kier molecular flexibility index (Phi) is 4.03. The van der Waals surface area contributed by atoms with E-state index in [2.05, 4.69) is 12.2 Å². The lowest BCUT2D eigenvalue weighted by Crippen LogP contribution is -2.23. The number of nitrogens with one attached hydrogen (secondary N) is 1. The van der Waals surface area contributed by atoms with Crippen LogP contribution in [0.4, 0.5) is 4.39 Å². The number of rotatable bonds is 5. The van der Waals surface area contributed by atoms with Gasteiger partial charge in [0.05, 0.1) is 6.04 Å². The molecule has 0 bridgehead atoms. The summed E-state index contributed by atoms with van der Waals surface area (Å²) >= 11 is 0. The second-order valence-corrected chi connectivity index (χ2v) is 5.41. The van der Waals surface area contributed by atoms with Gasteiger partial charge in [-0.3, -0.25) is 0 Å². The molecule has 2 unspecified atom stereocenters. The summed E-state index contributed by atoms with van der Waals surface area (Å²) in [5.41, 5.74) is 0.743. The number of halogens is 1. The van der Waals surface area contributed by atoms with Crippen molar-refractivity contribution in [2.24, 2.45) is 5.92 Å². The minimum absolute atomic E-state index is 0.169. The third-order valence-corrected chi connectivity index (χ3v) is 3.88. The van der Waals surface area contributed by atoms with Crippen LogP contribution in [-0.2, 0) is 4.74 Å². The Bertz CT molecular complexity index is 575. The van der Waals surface area contributed by atoms with Gasteiger partial charge in [-0.25, -0.2) is 4.39 Å². The first-order valence-electron chi connectivity index (χ1n) is 7.26. The van der Waals surface area contributed by atoms with Gasteiger partial charge in [0.1, 0.15) is 17.2 Å². The van der Waals surface area contributed by atoms with Crippen LogP contribution in [0.5, 0.6) is 0 Å². The second-order valence-electron chi connectivity index (χ2n) is 5.41. The lowest BCUT2D eigenvalue weighted by atomic mass is 9.97. The van der Waals surface area contributed by atoms with Crippen LogP contribution in [0, 0.1) is 11.7 Å². The van der Waals surface area contributed by atoms with Crippen molar-refractivity contribution in [3.8, 4) is 0 Å². The van der Waals surface area contributed by atoms with Gasteiger partial charge in [0.25, 0.3) is 0 Å². The largest absolute Gasteiger partial charge is 0.459 e. The van der Waals surface area contributed by atoms with E-state index in [1.165, 1.54) is 12.1 Å². The molecule has 3 nitrogen and oxygen atoms in total. The average molecular weight is 277 g/mol. The van der Waals surface area contributed by atoms with Crippen molar-refractivity contribution in [1.82, 2.24) is 5.32 Å². The molecular weight excluding hydrogens is 257 g/mol. The predicted octanol–water partition coefficient (Wildman–Crippen LogP) is 3.65. The molecule has 4 heteroatoms. The van der Waals surface area contributed by atoms with Crippen molar-refractivity contribution in [3.05, 3.63) is 35.8 Å². The molecule has 2 atom stereocenters. The Labute approximate surface area is 118 Å². The molecule has 0 amide bonds. The summed E-state index contributed by atoms with van der Waals surface area (Å²) in [6.07, 6.45) is 2.10. The summed E-state index contributed by atoms with van der Waals surface area (Å²) in [6, 6.07) is 6.76. The molecule has 0 saturated carbocycles. The fraction of sp³-hybridized carbons (Fsp3) is 0.500. The summed E-state index contributed by atoms with van der Waals surface area (Å²) in [5, 5.41) is 4.28. The van der Waals surface area contributed by atoms with Crippen molar-refractivity contribution in [2.45, 2.75) is 25.8 Å². The molecule has 1 aliphatic rings. The van der Waals surface area contributed by atoms with Crippen LogP contribution in [0.25, 0.3) is 11.0 Å². The predicted molar refractivity (Wildman–Crippen MR) is 76.1 cm³/mol. The van der Waals surface area contributed by atoms with Crippen molar-refractivity contribution in [2.75, 3.05) is 19.8 Å². The monoisotopic (exact) mass is 277 g/mol. The van der Waals surface area contributed by atoms with Gasteiger partial charge in [0.15, 0.2) is 0 Å². The first-order chi connectivity index (χ1) is 9.76. The number of hydrogen-bond donors (Lipinski definition) is 1. The molecule has 20 heavy (non-hydrogen) atoms. The van der Waals surface area contributed by atoms with Crippen LogP contribution in [0.15, 0.2) is 28.7 Å². The highest BCUT2D eigenvalue weighted by atomic mass is 19.1. The Morgan fingerprint density at radius 3 is 3.05 bits per heavy atom. The van der Waals surface area contributed by atoms with Gasteiger partial charge in [-0.1, -0.05) is 6.92 Å². The van der Waals surface area contributed by atoms with Gasteiger partial charge < -0.3 is 14.5 Å². The van der Waals surface area contributed by atoms with E-state index in [9.17, 15) is 4.39 Å². The molecule has 1 aromatic heterocycles. The molecule has 1 aliphatic heterocycles. The second kappa shape index (κ2) is 5.94. The third-order valence-electron chi connectivity index (χ3n) is 3.88. The zero-order valence-corrected chi connectivity index (χ0v) is 11.7. The van der Waals surface area contributed by atoms with Crippen LogP contribution in [-0.4, -0.2) is 19.8 Å². The number of furan rings is 1. The van der Waals surface area contributed by atoms with Crippen molar-refractivity contribution >= 4 is 11.0 Å². The van der Waals surface area contributed by atoms with Crippen LogP contribution >= 0.6 is 0 Å². The lowest BCUT2D eigenvalue weighted by molar-refractivity contribution is 0.180. The van der Waals surface area contributed by atoms with Gasteiger partial charge in [-0.15, -0.1) is 0 Å². The smallest absolute Gasteiger partial charge is 0.134 e. The molecule has 1 N–H and O–H groups in total. The molecule has 1 fully saturated rings. The highest BCUT2D eigenvalue weighted by molar-refractivity contribution is 5.78. The Hall–Kier alpha value is -1.39. The number of ether oxygens (including phenoxy) is 1. The van der Waals surface area contributed by atoms with E-state index in [4.69, 9.17) is 9.15 Å². The highest BCUT2D eigenvalue weighted by Crippen LogP contribution is 2.30. The highest BCUT2D eigenvalue weighted by Gasteiger charge is 2.23. The number of benzene rings is 1. The molecule has 2 aromatic rings. The normalized spacial score (nSPS) is 20.6. The Balaban J connectivity index is 1.83. The molecule has 3 rings (SSSR count). The van der Waals surface area contributed by atoms with Gasteiger partial charge in [0.2, 0.25) is 0 Å². The summed E-state index contributed by atoms with van der Waals surface area (Å²) in [5.74, 6) is 1.23. The van der Waals surface area contributed by atoms with Crippen molar-refractivity contribution in [3.63, 3.8) is 0 Å². The first-order valence-corrected chi connectivity index (χ1v) is 7.26. The number of hydrogen-bond acceptors (Lipinski definition) is 3. The van der Waals surface area contributed by atoms with Gasteiger partial charge in [-0.05, 0) is 49.6 Å². The molecule has 108 valence electrons. The van der Waals surface area contributed by atoms with Crippen LogP contribution < -0.4 is 5.32 Å². The topological polar surface area (TPSA) is 34.4 Å². The maximum absolute atomic E-state index is 13.2. The summed E-state index contributed by atoms with van der Waals surface area (Å²) in [4.78, 5) is 0. The summed E-state index contributed by atoms with van der Waals surface area (Å²) < 4.78 is 24.6. The maximum atomic E-state index is 13.2. The van der Waals surface area contributed by atoms with Gasteiger partial charge >= 0.3 is 0 Å². The summed E-state index contributed by atoms with van der Waals surface area (Å²) in [7, 11) is 0. The molecule has 2 heterocycles. The molecule has 0 radical (unpaired) electrons. The van der Waals surface area contributed by atoms with Crippen LogP contribution in [0.1, 0.15) is 31.6 Å². The summed E-state index contributed by atoms with van der Waals surface area (Å²) in [6.45, 7) is 4.65. The first kappa shape index (κ1) is 13.6. The quantitative estimate of drug-likeness (QED) is 0.906. The van der Waals surface area contributed by atoms with E-state index in [0.29, 0.717) is 5.92 Å². The molecule has 0 spiro atoms. The number of fused-ring (bicyclic) bond motifs is 1. The van der Waals surface area contributed by atoms with E-state index >= 15 is 0 Å². The van der Waals surface area contributed by atoms with E-state index in [1.54, 1.807) is 6.07 Å². The lowest BCUT2D eigenvalue weighted by Gasteiger charge is -2.18. The third kappa shape index (κ3) is 2.86. The zero-order valence-electron chi connectivity index (χ0n) is 11.7. The molecule has 1 aromatic carbocycles. The Morgan fingerprint density at radius 2 is 2.30 bits per heavy atom. The van der Waals surface area contributed by atoms with E-state index in [1.807, 2.05) is 6.07 Å². The van der Waals surface area contributed by atoms with Gasteiger partial charge in [0, 0.05) is 18.6 Å². The average Bonchev–Trinajstić information content (AvgIpc) is 3.06. The maximum Gasteiger partial charge on any atom is 0.134 e.